The average Bonchev–Trinajstić information content (AvgIpc) is 3.06. The molecule has 3 aromatic heterocycles. The molecular formula is C18H19N5OS. The first-order chi connectivity index (χ1) is 12.1. The molecule has 0 radical (unpaired) electrons. The van der Waals surface area contributed by atoms with Crippen LogP contribution in [0.2, 0.25) is 0 Å². The van der Waals surface area contributed by atoms with Gasteiger partial charge in [0.05, 0.1) is 0 Å². The van der Waals surface area contributed by atoms with Crippen LogP contribution in [-0.2, 0) is 0 Å². The van der Waals surface area contributed by atoms with Gasteiger partial charge >= 0.3 is 0 Å². The fourth-order valence-electron chi connectivity index (χ4n) is 2.21. The van der Waals surface area contributed by atoms with Gasteiger partial charge in [0.25, 0.3) is 5.91 Å². The zero-order valence-corrected chi connectivity index (χ0v) is 15.1. The maximum Gasteiger partial charge on any atom is 0.257 e. The third-order valence-corrected chi connectivity index (χ3v) is 4.88. The van der Waals surface area contributed by atoms with Crippen molar-refractivity contribution in [3.8, 4) is 11.3 Å². The third kappa shape index (κ3) is 3.83. The van der Waals surface area contributed by atoms with E-state index in [2.05, 4.69) is 39.0 Å². The molecule has 7 heteroatoms. The summed E-state index contributed by atoms with van der Waals surface area (Å²) in [5.41, 5.74) is 2.36. The molecule has 0 bridgehead atoms. The monoisotopic (exact) mass is 353 g/mol. The van der Waals surface area contributed by atoms with Crippen LogP contribution in [-0.4, -0.2) is 33.9 Å². The molecule has 25 heavy (non-hydrogen) atoms. The summed E-state index contributed by atoms with van der Waals surface area (Å²) in [7, 11) is 2.03. The number of hydrogen-bond acceptors (Lipinski definition) is 6. The third-order valence-electron chi connectivity index (χ3n) is 3.82. The number of carbonyl (C=O) groups excluding carboxylic acids is 1. The Balaban J connectivity index is 1.95. The average molecular weight is 353 g/mol. The summed E-state index contributed by atoms with van der Waals surface area (Å²) < 4.78 is 0. The van der Waals surface area contributed by atoms with Gasteiger partial charge in [-0.1, -0.05) is 11.3 Å². The molecule has 3 rings (SSSR count). The van der Waals surface area contributed by atoms with Crippen LogP contribution in [0.5, 0.6) is 0 Å². The lowest BCUT2D eigenvalue weighted by Gasteiger charge is -2.22. The standard InChI is InChI=1S/C18H19N5OS/c1-12(2)23(3)17-15(13-4-8-19-9-5-13)21-18(25-17)22-16(24)14-6-10-20-11-7-14/h4-12H,1-3H3,(H,21,22,24). The van der Waals surface area contributed by atoms with Crippen LogP contribution < -0.4 is 10.2 Å². The molecule has 0 aliphatic rings. The van der Waals surface area contributed by atoms with Crippen LogP contribution in [0.1, 0.15) is 24.2 Å². The second-order valence-corrected chi connectivity index (χ2v) is 6.78. The number of pyridine rings is 2. The maximum atomic E-state index is 12.4. The summed E-state index contributed by atoms with van der Waals surface area (Å²) in [6, 6.07) is 7.49. The van der Waals surface area contributed by atoms with E-state index in [0.717, 1.165) is 16.3 Å². The molecule has 0 saturated carbocycles. The highest BCUT2D eigenvalue weighted by Gasteiger charge is 2.19. The Morgan fingerprint density at radius 1 is 1.08 bits per heavy atom. The zero-order valence-electron chi connectivity index (χ0n) is 14.3. The lowest BCUT2D eigenvalue weighted by atomic mass is 10.2. The fourth-order valence-corrected chi connectivity index (χ4v) is 3.29. The Bertz CT molecular complexity index is 848. The Kier molecular flexibility index (Phi) is 5.04. The summed E-state index contributed by atoms with van der Waals surface area (Å²) in [5.74, 6) is -0.198. The second kappa shape index (κ2) is 7.40. The molecule has 0 spiro atoms. The fraction of sp³-hybridized carbons (Fsp3) is 0.222. The number of aromatic nitrogens is 3. The van der Waals surface area contributed by atoms with Gasteiger partial charge in [0.1, 0.15) is 10.7 Å². The predicted octanol–water partition coefficient (Wildman–Crippen LogP) is 3.70. The highest BCUT2D eigenvalue weighted by molar-refractivity contribution is 7.20. The smallest absolute Gasteiger partial charge is 0.257 e. The second-order valence-electron chi connectivity index (χ2n) is 5.80. The summed E-state index contributed by atoms with van der Waals surface area (Å²) in [5, 5.41) is 4.45. The van der Waals surface area contributed by atoms with Crippen molar-refractivity contribution in [2.75, 3.05) is 17.3 Å². The van der Waals surface area contributed by atoms with Crippen molar-refractivity contribution >= 4 is 27.4 Å². The lowest BCUT2D eigenvalue weighted by molar-refractivity contribution is 0.102. The largest absolute Gasteiger partial charge is 0.362 e. The molecule has 1 N–H and O–H groups in total. The molecule has 0 unspecified atom stereocenters. The predicted molar refractivity (Wildman–Crippen MR) is 101 cm³/mol. The quantitative estimate of drug-likeness (QED) is 0.757. The number of anilines is 2. The van der Waals surface area contributed by atoms with Crippen LogP contribution in [0, 0.1) is 0 Å². The van der Waals surface area contributed by atoms with Crippen molar-refractivity contribution in [3.63, 3.8) is 0 Å². The number of carbonyl (C=O) groups is 1. The van der Waals surface area contributed by atoms with Gasteiger partial charge in [0.15, 0.2) is 5.13 Å². The van der Waals surface area contributed by atoms with Crippen molar-refractivity contribution in [1.29, 1.82) is 0 Å². The highest BCUT2D eigenvalue weighted by atomic mass is 32.1. The van der Waals surface area contributed by atoms with E-state index in [4.69, 9.17) is 0 Å². The van der Waals surface area contributed by atoms with Crippen LogP contribution in [0.15, 0.2) is 49.1 Å². The molecule has 0 aromatic carbocycles. The van der Waals surface area contributed by atoms with Gasteiger partial charge in [-0.25, -0.2) is 4.98 Å². The summed E-state index contributed by atoms with van der Waals surface area (Å²) in [6.45, 7) is 4.23. The number of thiazole rings is 1. The topological polar surface area (TPSA) is 71.0 Å². The van der Waals surface area contributed by atoms with E-state index in [1.165, 1.54) is 11.3 Å². The Hall–Kier alpha value is -2.80. The summed E-state index contributed by atoms with van der Waals surface area (Å²) in [4.78, 5) is 27.2. The van der Waals surface area contributed by atoms with E-state index >= 15 is 0 Å². The Morgan fingerprint density at radius 2 is 1.68 bits per heavy atom. The minimum absolute atomic E-state index is 0.198. The Morgan fingerprint density at radius 3 is 2.28 bits per heavy atom. The number of hydrogen-bond donors (Lipinski definition) is 1. The van der Waals surface area contributed by atoms with Crippen LogP contribution in [0.25, 0.3) is 11.3 Å². The van der Waals surface area contributed by atoms with Gasteiger partial charge in [0.2, 0.25) is 0 Å². The van der Waals surface area contributed by atoms with Crippen molar-refractivity contribution in [1.82, 2.24) is 15.0 Å². The van der Waals surface area contributed by atoms with Gasteiger partial charge in [-0.15, -0.1) is 0 Å². The van der Waals surface area contributed by atoms with Gasteiger partial charge in [-0.2, -0.15) is 0 Å². The molecule has 0 atom stereocenters. The number of nitrogens with zero attached hydrogens (tertiary/aromatic N) is 4. The van der Waals surface area contributed by atoms with Gasteiger partial charge in [-0.05, 0) is 38.1 Å². The highest BCUT2D eigenvalue weighted by Crippen LogP contribution is 2.38. The first kappa shape index (κ1) is 17.0. The lowest BCUT2D eigenvalue weighted by Crippen LogP contribution is -2.25. The van der Waals surface area contributed by atoms with Crippen molar-refractivity contribution in [3.05, 3.63) is 54.6 Å². The molecule has 1 amide bonds. The molecule has 3 heterocycles. The number of rotatable bonds is 5. The minimum atomic E-state index is -0.198. The molecule has 0 fully saturated rings. The normalized spacial score (nSPS) is 10.7. The maximum absolute atomic E-state index is 12.4. The molecule has 0 saturated heterocycles. The van der Waals surface area contributed by atoms with Gasteiger partial charge < -0.3 is 4.90 Å². The van der Waals surface area contributed by atoms with Crippen LogP contribution >= 0.6 is 11.3 Å². The van der Waals surface area contributed by atoms with Gasteiger partial charge in [-0.3, -0.25) is 20.1 Å². The van der Waals surface area contributed by atoms with Crippen LogP contribution in [0.4, 0.5) is 10.1 Å². The summed E-state index contributed by atoms with van der Waals surface area (Å²) >= 11 is 1.46. The number of nitrogens with one attached hydrogen (secondary N) is 1. The first-order valence-electron chi connectivity index (χ1n) is 7.91. The number of amides is 1. The first-order valence-corrected chi connectivity index (χ1v) is 8.73. The Labute approximate surface area is 150 Å². The molecule has 0 aliphatic heterocycles. The molecule has 3 aromatic rings. The van der Waals surface area contributed by atoms with Crippen LogP contribution in [0.3, 0.4) is 0 Å². The van der Waals surface area contributed by atoms with E-state index < -0.39 is 0 Å². The van der Waals surface area contributed by atoms with Crippen molar-refractivity contribution < 1.29 is 4.79 Å². The van der Waals surface area contributed by atoms with E-state index in [9.17, 15) is 4.79 Å². The molecule has 6 nitrogen and oxygen atoms in total. The van der Waals surface area contributed by atoms with E-state index in [1.807, 2.05) is 19.2 Å². The summed E-state index contributed by atoms with van der Waals surface area (Å²) in [6.07, 6.45) is 6.67. The van der Waals surface area contributed by atoms with E-state index in [0.29, 0.717) is 16.7 Å². The van der Waals surface area contributed by atoms with Crippen molar-refractivity contribution in [2.24, 2.45) is 0 Å². The van der Waals surface area contributed by atoms with Gasteiger partial charge in [0, 0.05) is 49.0 Å². The minimum Gasteiger partial charge on any atom is -0.362 e. The molecule has 128 valence electrons. The molecular weight excluding hydrogens is 334 g/mol. The van der Waals surface area contributed by atoms with Crippen molar-refractivity contribution in [2.45, 2.75) is 19.9 Å². The molecule has 0 aliphatic carbocycles. The van der Waals surface area contributed by atoms with E-state index in [-0.39, 0.29) is 5.91 Å². The zero-order chi connectivity index (χ0) is 17.8. The SMILES string of the molecule is CC(C)N(C)c1sc(NC(=O)c2ccncc2)nc1-c1ccncc1. The van der Waals surface area contributed by atoms with E-state index in [1.54, 1.807) is 36.9 Å².